The summed E-state index contributed by atoms with van der Waals surface area (Å²) in [6.07, 6.45) is 3.18. The van der Waals surface area contributed by atoms with Crippen LogP contribution < -0.4 is 5.32 Å². The van der Waals surface area contributed by atoms with Gasteiger partial charge in [0.25, 0.3) is 0 Å². The standard InChI is InChI=1S/C18H22N2O3S/c1-13-2-4-14(5-3-13)15-10-19-17(23-15)7-6-16(21)20-11-18(22)8-9-24-12-18/h2-5,10,22H,6-9,11-12H2,1H3,(H,20,21). The molecule has 1 aromatic carbocycles. The highest BCUT2D eigenvalue weighted by atomic mass is 32.2. The van der Waals surface area contributed by atoms with Crippen LogP contribution >= 0.6 is 11.8 Å². The van der Waals surface area contributed by atoms with Crippen molar-refractivity contribution in [2.75, 3.05) is 18.1 Å². The lowest BCUT2D eigenvalue weighted by molar-refractivity contribution is -0.122. The number of aromatic nitrogens is 1. The first-order chi connectivity index (χ1) is 11.5. The van der Waals surface area contributed by atoms with Crippen LogP contribution in [-0.2, 0) is 11.2 Å². The van der Waals surface area contributed by atoms with Crippen molar-refractivity contribution in [2.24, 2.45) is 0 Å². The number of nitrogens with zero attached hydrogens (tertiary/aromatic N) is 1. The molecule has 0 bridgehead atoms. The summed E-state index contributed by atoms with van der Waals surface area (Å²) in [4.78, 5) is 16.2. The van der Waals surface area contributed by atoms with E-state index >= 15 is 0 Å². The van der Waals surface area contributed by atoms with Gasteiger partial charge in [0.05, 0.1) is 11.8 Å². The van der Waals surface area contributed by atoms with Gasteiger partial charge in [-0.1, -0.05) is 29.8 Å². The third-order valence-electron chi connectivity index (χ3n) is 4.15. The summed E-state index contributed by atoms with van der Waals surface area (Å²) >= 11 is 1.72. The molecule has 1 fully saturated rings. The van der Waals surface area contributed by atoms with Gasteiger partial charge in [-0.25, -0.2) is 4.98 Å². The van der Waals surface area contributed by atoms with Gasteiger partial charge in [-0.05, 0) is 19.1 Å². The van der Waals surface area contributed by atoms with Gasteiger partial charge in [-0.15, -0.1) is 0 Å². The van der Waals surface area contributed by atoms with E-state index in [4.69, 9.17) is 4.42 Å². The van der Waals surface area contributed by atoms with Crippen molar-refractivity contribution in [1.29, 1.82) is 0 Å². The Bertz CT molecular complexity index is 691. The normalized spacial score (nSPS) is 20.2. The summed E-state index contributed by atoms with van der Waals surface area (Å²) in [6, 6.07) is 8.04. The average molecular weight is 346 g/mol. The molecule has 6 heteroatoms. The number of hydrogen-bond donors (Lipinski definition) is 2. The number of carbonyl (C=O) groups excluding carboxylic acids is 1. The topological polar surface area (TPSA) is 75.4 Å². The zero-order valence-electron chi connectivity index (χ0n) is 13.7. The van der Waals surface area contributed by atoms with Gasteiger partial charge in [-0.3, -0.25) is 4.79 Å². The molecular formula is C18H22N2O3S. The zero-order valence-corrected chi connectivity index (χ0v) is 14.6. The van der Waals surface area contributed by atoms with Gasteiger partial charge in [0, 0.05) is 30.7 Å². The Morgan fingerprint density at radius 2 is 2.21 bits per heavy atom. The molecule has 1 amide bonds. The van der Waals surface area contributed by atoms with Crippen molar-refractivity contribution in [3.63, 3.8) is 0 Å². The summed E-state index contributed by atoms with van der Waals surface area (Å²) < 4.78 is 5.71. The third-order valence-corrected chi connectivity index (χ3v) is 5.39. The molecule has 0 radical (unpaired) electrons. The van der Waals surface area contributed by atoms with Crippen molar-refractivity contribution in [1.82, 2.24) is 10.3 Å². The summed E-state index contributed by atoms with van der Waals surface area (Å²) in [5, 5.41) is 13.0. The van der Waals surface area contributed by atoms with E-state index in [-0.39, 0.29) is 5.91 Å². The number of hydrogen-bond acceptors (Lipinski definition) is 5. The van der Waals surface area contributed by atoms with E-state index in [1.807, 2.05) is 31.2 Å². The lowest BCUT2D eigenvalue weighted by atomic mass is 10.0. The van der Waals surface area contributed by atoms with Crippen LogP contribution in [0.2, 0.25) is 0 Å². The molecule has 128 valence electrons. The lowest BCUT2D eigenvalue weighted by Gasteiger charge is -2.21. The maximum atomic E-state index is 11.9. The fraction of sp³-hybridized carbons (Fsp3) is 0.444. The SMILES string of the molecule is Cc1ccc(-c2cnc(CCC(=O)NCC3(O)CCSC3)o2)cc1. The molecule has 0 spiro atoms. The van der Waals surface area contributed by atoms with Gasteiger partial charge in [-0.2, -0.15) is 11.8 Å². The van der Waals surface area contributed by atoms with Crippen LogP contribution in [0.15, 0.2) is 34.9 Å². The molecule has 3 rings (SSSR count). The van der Waals surface area contributed by atoms with E-state index in [2.05, 4.69) is 10.3 Å². The second kappa shape index (κ2) is 7.40. The Morgan fingerprint density at radius 1 is 1.42 bits per heavy atom. The van der Waals surface area contributed by atoms with Crippen molar-refractivity contribution in [2.45, 2.75) is 31.8 Å². The predicted molar refractivity (Wildman–Crippen MR) is 94.9 cm³/mol. The molecule has 2 N–H and O–H groups in total. The first kappa shape index (κ1) is 17.0. The first-order valence-electron chi connectivity index (χ1n) is 8.13. The van der Waals surface area contributed by atoms with Crippen molar-refractivity contribution < 1.29 is 14.3 Å². The number of benzene rings is 1. The van der Waals surface area contributed by atoms with E-state index < -0.39 is 5.60 Å². The van der Waals surface area contributed by atoms with Crippen molar-refractivity contribution in [3.8, 4) is 11.3 Å². The molecule has 1 atom stereocenters. The van der Waals surface area contributed by atoms with Crippen molar-refractivity contribution >= 4 is 17.7 Å². The van der Waals surface area contributed by atoms with Gasteiger partial charge < -0.3 is 14.8 Å². The quantitative estimate of drug-likeness (QED) is 0.841. The van der Waals surface area contributed by atoms with Gasteiger partial charge in [0.15, 0.2) is 11.7 Å². The van der Waals surface area contributed by atoms with E-state index in [1.54, 1.807) is 18.0 Å². The molecule has 1 aliphatic rings. The Kier molecular flexibility index (Phi) is 5.26. The molecule has 2 aromatic rings. The van der Waals surface area contributed by atoms with Crippen LogP contribution in [0.25, 0.3) is 11.3 Å². The Balaban J connectivity index is 1.48. The van der Waals surface area contributed by atoms with E-state index in [0.29, 0.717) is 36.8 Å². The fourth-order valence-electron chi connectivity index (χ4n) is 2.58. The van der Waals surface area contributed by atoms with E-state index in [1.165, 1.54) is 5.56 Å². The maximum absolute atomic E-state index is 11.9. The van der Waals surface area contributed by atoms with Crippen LogP contribution in [0, 0.1) is 6.92 Å². The zero-order chi connectivity index (χ0) is 17.0. The second-order valence-electron chi connectivity index (χ2n) is 6.29. The monoisotopic (exact) mass is 346 g/mol. The average Bonchev–Trinajstić information content (AvgIpc) is 3.22. The predicted octanol–water partition coefficient (Wildman–Crippen LogP) is 2.57. The number of carbonyl (C=O) groups is 1. The molecular weight excluding hydrogens is 324 g/mol. The van der Waals surface area contributed by atoms with Crippen LogP contribution in [0.1, 0.15) is 24.3 Å². The van der Waals surface area contributed by atoms with Crippen LogP contribution in [-0.4, -0.2) is 39.6 Å². The molecule has 1 aliphatic heterocycles. The minimum absolute atomic E-state index is 0.0876. The fourth-order valence-corrected chi connectivity index (χ4v) is 3.88. The Hall–Kier alpha value is -1.79. The second-order valence-corrected chi connectivity index (χ2v) is 7.39. The highest BCUT2D eigenvalue weighted by Crippen LogP contribution is 2.27. The third kappa shape index (κ3) is 4.39. The van der Waals surface area contributed by atoms with E-state index in [0.717, 1.165) is 17.7 Å². The van der Waals surface area contributed by atoms with Crippen LogP contribution in [0.4, 0.5) is 0 Å². The molecule has 0 aliphatic carbocycles. The number of rotatable bonds is 6. The minimum atomic E-state index is -0.748. The highest BCUT2D eigenvalue weighted by molar-refractivity contribution is 7.99. The summed E-state index contributed by atoms with van der Waals surface area (Å²) in [5.74, 6) is 2.81. The molecule has 5 nitrogen and oxygen atoms in total. The lowest BCUT2D eigenvalue weighted by Crippen LogP contribution is -2.43. The summed E-state index contributed by atoms with van der Waals surface area (Å²) in [7, 11) is 0. The molecule has 1 aromatic heterocycles. The number of oxazole rings is 1. The number of aryl methyl sites for hydroxylation is 2. The smallest absolute Gasteiger partial charge is 0.220 e. The van der Waals surface area contributed by atoms with Crippen molar-refractivity contribution in [3.05, 3.63) is 41.9 Å². The first-order valence-corrected chi connectivity index (χ1v) is 9.28. The molecule has 1 saturated heterocycles. The largest absolute Gasteiger partial charge is 0.441 e. The Labute approximate surface area is 145 Å². The summed E-state index contributed by atoms with van der Waals surface area (Å²) in [5.41, 5.74) is 1.42. The number of thioether (sulfide) groups is 1. The molecule has 2 heterocycles. The van der Waals surface area contributed by atoms with Gasteiger partial charge >= 0.3 is 0 Å². The van der Waals surface area contributed by atoms with Gasteiger partial charge in [0.2, 0.25) is 5.91 Å². The molecule has 0 saturated carbocycles. The number of amides is 1. The van der Waals surface area contributed by atoms with E-state index in [9.17, 15) is 9.90 Å². The van der Waals surface area contributed by atoms with Gasteiger partial charge in [0.1, 0.15) is 0 Å². The number of aliphatic hydroxyl groups is 1. The van der Waals surface area contributed by atoms with Crippen LogP contribution in [0.3, 0.4) is 0 Å². The molecule has 1 unspecified atom stereocenters. The Morgan fingerprint density at radius 3 is 2.92 bits per heavy atom. The molecule has 24 heavy (non-hydrogen) atoms. The van der Waals surface area contributed by atoms with Crippen LogP contribution in [0.5, 0.6) is 0 Å². The minimum Gasteiger partial charge on any atom is -0.441 e. The summed E-state index contributed by atoms with van der Waals surface area (Å²) in [6.45, 7) is 2.36. The number of nitrogens with one attached hydrogen (secondary N) is 1. The maximum Gasteiger partial charge on any atom is 0.220 e. The highest BCUT2D eigenvalue weighted by Gasteiger charge is 2.31.